The summed E-state index contributed by atoms with van der Waals surface area (Å²) in [5.41, 5.74) is 4.65. The van der Waals surface area contributed by atoms with Crippen LogP contribution in [0.2, 0.25) is 5.02 Å². The van der Waals surface area contributed by atoms with Gasteiger partial charge in [0.25, 0.3) is 0 Å². The minimum atomic E-state index is -0.398. The molecule has 0 spiro atoms. The smallest absolute Gasteiger partial charge is 0.233 e. The number of aromatic nitrogens is 2. The summed E-state index contributed by atoms with van der Waals surface area (Å²) in [5, 5.41) is 5.60. The molecule has 30 heavy (non-hydrogen) atoms. The molecule has 2 aromatic rings. The number of nitrogens with zero attached hydrogens (tertiary/aromatic N) is 3. The Kier molecular flexibility index (Phi) is 5.38. The maximum Gasteiger partial charge on any atom is 0.233 e. The van der Waals surface area contributed by atoms with Crippen molar-refractivity contribution in [2.75, 3.05) is 0 Å². The van der Waals surface area contributed by atoms with Gasteiger partial charge in [-0.25, -0.2) is 0 Å². The number of benzene rings is 1. The molecule has 160 valence electrons. The lowest BCUT2D eigenvalue weighted by molar-refractivity contribution is -0.140. The molecule has 0 atom stereocenters. The molecule has 1 heterocycles. The van der Waals surface area contributed by atoms with E-state index in [0.29, 0.717) is 18.5 Å². The first-order valence-corrected chi connectivity index (χ1v) is 12.1. The standard InChI is InChI=1S/C25H32ClN3O/c1-28-23-10-6-9-21(23)22(27-28)17-29(20-7-2-3-8-20)24(30)25(15-4-5-16-25)18-11-13-19(26)14-12-18/h11-14,20H,2-10,15-17H2,1H3. The minimum absolute atomic E-state index is 0.326. The van der Waals surface area contributed by atoms with E-state index in [1.165, 1.54) is 30.5 Å². The quantitative estimate of drug-likeness (QED) is 0.647. The molecule has 1 amide bonds. The number of hydrogen-bond acceptors (Lipinski definition) is 2. The van der Waals surface area contributed by atoms with Crippen molar-refractivity contribution in [3.8, 4) is 0 Å². The summed E-state index contributed by atoms with van der Waals surface area (Å²) in [7, 11) is 2.06. The average Bonchev–Trinajstić information content (AvgIpc) is 3.53. The lowest BCUT2D eigenvalue weighted by Gasteiger charge is -2.38. The van der Waals surface area contributed by atoms with Gasteiger partial charge in [0.05, 0.1) is 17.7 Å². The zero-order valence-electron chi connectivity index (χ0n) is 18.0. The summed E-state index contributed by atoms with van der Waals surface area (Å²) in [4.78, 5) is 16.5. The van der Waals surface area contributed by atoms with Crippen molar-refractivity contribution in [1.29, 1.82) is 0 Å². The first-order chi connectivity index (χ1) is 14.6. The van der Waals surface area contributed by atoms with Crippen LogP contribution in [-0.2, 0) is 36.6 Å². The fraction of sp³-hybridized carbons (Fsp3) is 0.600. The Labute approximate surface area is 184 Å². The number of fused-ring (bicyclic) bond motifs is 1. The fourth-order valence-electron chi connectivity index (χ4n) is 6.22. The predicted octanol–water partition coefficient (Wildman–Crippen LogP) is 5.35. The molecular weight excluding hydrogens is 394 g/mol. The van der Waals surface area contributed by atoms with Crippen LogP contribution < -0.4 is 0 Å². The molecular formula is C25H32ClN3O. The predicted molar refractivity (Wildman–Crippen MR) is 120 cm³/mol. The summed E-state index contributed by atoms with van der Waals surface area (Å²) >= 11 is 6.17. The van der Waals surface area contributed by atoms with E-state index < -0.39 is 5.41 Å². The highest BCUT2D eigenvalue weighted by atomic mass is 35.5. The third-order valence-corrected chi connectivity index (χ3v) is 8.06. The molecule has 0 aliphatic heterocycles. The Morgan fingerprint density at radius 3 is 2.50 bits per heavy atom. The van der Waals surface area contributed by atoms with Crippen LogP contribution in [0.15, 0.2) is 24.3 Å². The molecule has 5 rings (SSSR count). The van der Waals surface area contributed by atoms with Crippen molar-refractivity contribution in [1.82, 2.24) is 14.7 Å². The van der Waals surface area contributed by atoms with E-state index >= 15 is 0 Å². The lowest BCUT2D eigenvalue weighted by atomic mass is 9.77. The number of carbonyl (C=O) groups excluding carboxylic acids is 1. The first-order valence-electron chi connectivity index (χ1n) is 11.7. The number of amides is 1. The highest BCUT2D eigenvalue weighted by Gasteiger charge is 2.47. The van der Waals surface area contributed by atoms with Gasteiger partial charge >= 0.3 is 0 Å². The first kappa shape index (κ1) is 20.1. The summed E-state index contributed by atoms with van der Waals surface area (Å²) < 4.78 is 2.06. The number of rotatable bonds is 5. The van der Waals surface area contributed by atoms with Gasteiger partial charge in [0.2, 0.25) is 5.91 Å². The zero-order chi connectivity index (χ0) is 20.7. The van der Waals surface area contributed by atoms with Gasteiger partial charge in [0.1, 0.15) is 0 Å². The van der Waals surface area contributed by atoms with E-state index in [1.807, 2.05) is 12.1 Å². The molecule has 0 N–H and O–H groups in total. The highest BCUT2D eigenvalue weighted by Crippen LogP contribution is 2.44. The van der Waals surface area contributed by atoms with Gasteiger partial charge in [0.15, 0.2) is 0 Å². The van der Waals surface area contributed by atoms with Gasteiger partial charge in [-0.05, 0) is 68.2 Å². The van der Waals surface area contributed by atoms with Crippen LogP contribution in [-0.4, -0.2) is 26.6 Å². The summed E-state index contributed by atoms with van der Waals surface area (Å²) in [6.45, 7) is 0.669. The molecule has 5 heteroatoms. The fourth-order valence-corrected chi connectivity index (χ4v) is 6.34. The number of hydrogen-bond donors (Lipinski definition) is 0. The Morgan fingerprint density at radius 1 is 1.10 bits per heavy atom. The topological polar surface area (TPSA) is 38.1 Å². The Hall–Kier alpha value is -1.81. The molecule has 3 aliphatic carbocycles. The Morgan fingerprint density at radius 2 is 1.80 bits per heavy atom. The van der Waals surface area contributed by atoms with Crippen molar-refractivity contribution in [3.63, 3.8) is 0 Å². The van der Waals surface area contributed by atoms with E-state index in [4.69, 9.17) is 16.7 Å². The molecule has 1 aromatic carbocycles. The van der Waals surface area contributed by atoms with Crippen LogP contribution in [0.5, 0.6) is 0 Å². The van der Waals surface area contributed by atoms with Crippen molar-refractivity contribution >= 4 is 17.5 Å². The van der Waals surface area contributed by atoms with E-state index in [9.17, 15) is 4.79 Å². The molecule has 2 saturated carbocycles. The van der Waals surface area contributed by atoms with E-state index in [-0.39, 0.29) is 0 Å². The van der Waals surface area contributed by atoms with Crippen LogP contribution in [0.4, 0.5) is 0 Å². The number of aryl methyl sites for hydroxylation is 1. The summed E-state index contributed by atoms with van der Waals surface area (Å²) in [6, 6.07) is 8.39. The second kappa shape index (κ2) is 8.03. The van der Waals surface area contributed by atoms with Gasteiger partial charge < -0.3 is 4.90 Å². The zero-order valence-corrected chi connectivity index (χ0v) is 18.8. The van der Waals surface area contributed by atoms with Crippen molar-refractivity contribution in [2.45, 2.75) is 88.6 Å². The van der Waals surface area contributed by atoms with Crippen molar-refractivity contribution in [2.24, 2.45) is 7.05 Å². The van der Waals surface area contributed by atoms with Gasteiger partial charge in [-0.15, -0.1) is 0 Å². The molecule has 0 bridgehead atoms. The molecule has 0 radical (unpaired) electrons. The van der Waals surface area contributed by atoms with Crippen molar-refractivity contribution < 1.29 is 4.79 Å². The number of carbonyl (C=O) groups is 1. The second-order valence-electron chi connectivity index (χ2n) is 9.52. The highest BCUT2D eigenvalue weighted by molar-refractivity contribution is 6.30. The molecule has 1 aromatic heterocycles. The van der Waals surface area contributed by atoms with Gasteiger partial charge in [-0.1, -0.05) is 49.4 Å². The van der Waals surface area contributed by atoms with Crippen LogP contribution in [0, 0.1) is 0 Å². The molecule has 3 aliphatic rings. The van der Waals surface area contributed by atoms with E-state index in [1.54, 1.807) is 0 Å². The van der Waals surface area contributed by atoms with E-state index in [2.05, 4.69) is 28.8 Å². The monoisotopic (exact) mass is 425 g/mol. The summed E-state index contributed by atoms with van der Waals surface area (Å²) in [6.07, 6.45) is 12.2. The molecule has 2 fully saturated rings. The lowest BCUT2D eigenvalue weighted by Crippen LogP contribution is -2.49. The molecule has 0 unspecified atom stereocenters. The van der Waals surface area contributed by atoms with Gasteiger partial charge in [-0.2, -0.15) is 5.10 Å². The average molecular weight is 426 g/mol. The molecule has 0 saturated heterocycles. The second-order valence-corrected chi connectivity index (χ2v) is 9.95. The number of halogens is 1. The van der Waals surface area contributed by atoms with Crippen LogP contribution in [0.25, 0.3) is 0 Å². The maximum atomic E-state index is 14.3. The third kappa shape index (κ3) is 3.37. The summed E-state index contributed by atoms with van der Waals surface area (Å²) in [5.74, 6) is 0.326. The Balaban J connectivity index is 1.51. The van der Waals surface area contributed by atoms with Crippen LogP contribution in [0.1, 0.15) is 80.3 Å². The SMILES string of the molecule is Cn1nc(CN(C(=O)C2(c3ccc(Cl)cc3)CCCC2)C2CCCC2)c2c1CCC2. The minimum Gasteiger partial charge on any atom is -0.333 e. The van der Waals surface area contributed by atoms with Gasteiger partial charge in [-0.3, -0.25) is 9.48 Å². The van der Waals surface area contributed by atoms with Gasteiger partial charge in [0, 0.05) is 23.8 Å². The van der Waals surface area contributed by atoms with Crippen molar-refractivity contribution in [3.05, 3.63) is 51.8 Å². The largest absolute Gasteiger partial charge is 0.333 e. The Bertz CT molecular complexity index is 921. The normalized spacial score (nSPS) is 20.6. The van der Waals surface area contributed by atoms with Crippen LogP contribution in [0.3, 0.4) is 0 Å². The van der Waals surface area contributed by atoms with E-state index in [0.717, 1.165) is 67.6 Å². The maximum absolute atomic E-state index is 14.3. The van der Waals surface area contributed by atoms with Crippen LogP contribution >= 0.6 is 11.6 Å². The third-order valence-electron chi connectivity index (χ3n) is 7.81. The molecule has 4 nitrogen and oxygen atoms in total.